The Labute approximate surface area is 104 Å². The van der Waals surface area contributed by atoms with Gasteiger partial charge in [-0.2, -0.15) is 13.2 Å². The molecular formula is C11H14F3NO2S. The van der Waals surface area contributed by atoms with E-state index < -0.39 is 21.8 Å². The van der Waals surface area contributed by atoms with Gasteiger partial charge in [-0.25, -0.2) is 8.42 Å². The number of halogens is 3. The van der Waals surface area contributed by atoms with Crippen LogP contribution >= 0.6 is 0 Å². The summed E-state index contributed by atoms with van der Waals surface area (Å²) in [7, 11) is -3.58. The molecule has 3 nitrogen and oxygen atoms in total. The topological polar surface area (TPSA) is 46.2 Å². The number of hydrogen-bond acceptors (Lipinski definition) is 2. The van der Waals surface area contributed by atoms with Gasteiger partial charge in [-0.1, -0.05) is 19.4 Å². The molecule has 7 heteroatoms. The Morgan fingerprint density at radius 3 is 2.50 bits per heavy atom. The van der Waals surface area contributed by atoms with Crippen LogP contribution in [0, 0.1) is 0 Å². The molecule has 0 amide bonds. The molecule has 0 saturated carbocycles. The zero-order valence-corrected chi connectivity index (χ0v) is 10.6. The van der Waals surface area contributed by atoms with Gasteiger partial charge in [0.2, 0.25) is 10.0 Å². The predicted molar refractivity (Wildman–Crippen MR) is 63.8 cm³/mol. The van der Waals surface area contributed by atoms with Crippen LogP contribution in [0.4, 0.5) is 18.9 Å². The van der Waals surface area contributed by atoms with E-state index in [0.29, 0.717) is 12.8 Å². The SMILES string of the molecule is CCCCS(=O)(=O)Nc1cccc(C(F)(F)F)c1. The average Bonchev–Trinajstić information content (AvgIpc) is 2.25. The van der Waals surface area contributed by atoms with Crippen LogP contribution in [0.3, 0.4) is 0 Å². The van der Waals surface area contributed by atoms with E-state index in [4.69, 9.17) is 0 Å². The van der Waals surface area contributed by atoms with Gasteiger partial charge < -0.3 is 0 Å². The number of anilines is 1. The van der Waals surface area contributed by atoms with Crippen molar-refractivity contribution in [2.75, 3.05) is 10.5 Å². The fourth-order valence-corrected chi connectivity index (χ4v) is 2.58. The molecule has 0 radical (unpaired) electrons. The lowest BCUT2D eigenvalue weighted by atomic mass is 10.2. The minimum atomic E-state index is -4.48. The second-order valence-corrected chi connectivity index (χ2v) is 5.69. The van der Waals surface area contributed by atoms with Gasteiger partial charge in [-0.3, -0.25) is 4.72 Å². The monoisotopic (exact) mass is 281 g/mol. The summed E-state index contributed by atoms with van der Waals surface area (Å²) in [5, 5.41) is 0. The normalized spacial score (nSPS) is 12.4. The largest absolute Gasteiger partial charge is 0.416 e. The molecule has 0 unspecified atom stereocenters. The number of nitrogens with one attached hydrogen (secondary N) is 1. The van der Waals surface area contributed by atoms with Crippen LogP contribution in [0.15, 0.2) is 24.3 Å². The first-order valence-electron chi connectivity index (χ1n) is 5.42. The van der Waals surface area contributed by atoms with E-state index in [2.05, 4.69) is 4.72 Å². The summed E-state index contributed by atoms with van der Waals surface area (Å²) in [6.45, 7) is 1.83. The third-order valence-electron chi connectivity index (χ3n) is 2.23. The molecule has 1 aromatic carbocycles. The van der Waals surface area contributed by atoms with E-state index in [1.54, 1.807) is 0 Å². The number of sulfonamides is 1. The van der Waals surface area contributed by atoms with E-state index in [-0.39, 0.29) is 11.4 Å². The predicted octanol–water partition coefficient (Wildman–Crippen LogP) is 3.25. The summed E-state index contributed by atoms with van der Waals surface area (Å²) in [5.41, 5.74) is -0.945. The molecule has 102 valence electrons. The summed E-state index contributed by atoms with van der Waals surface area (Å²) in [6, 6.07) is 4.13. The number of rotatable bonds is 5. The molecule has 0 aliphatic carbocycles. The van der Waals surface area contributed by atoms with Crippen LogP contribution in [0.1, 0.15) is 25.3 Å². The zero-order chi connectivity index (χ0) is 13.8. The molecule has 1 rings (SSSR count). The summed E-state index contributed by atoms with van der Waals surface area (Å²) >= 11 is 0. The van der Waals surface area contributed by atoms with Crippen molar-refractivity contribution >= 4 is 15.7 Å². The maximum Gasteiger partial charge on any atom is 0.416 e. The Morgan fingerprint density at radius 2 is 1.94 bits per heavy atom. The lowest BCUT2D eigenvalue weighted by Crippen LogP contribution is -2.17. The number of alkyl halides is 3. The Bertz CT molecular complexity index is 497. The molecule has 0 fully saturated rings. The molecule has 0 atom stereocenters. The van der Waals surface area contributed by atoms with Crippen LogP contribution in [0.5, 0.6) is 0 Å². The highest BCUT2D eigenvalue weighted by Crippen LogP contribution is 2.30. The number of unbranched alkanes of at least 4 members (excludes halogenated alkanes) is 1. The second-order valence-electron chi connectivity index (χ2n) is 3.85. The van der Waals surface area contributed by atoms with Crippen LogP contribution < -0.4 is 4.72 Å². The molecule has 0 bridgehead atoms. The second kappa shape index (κ2) is 5.60. The molecule has 0 aromatic heterocycles. The van der Waals surface area contributed by atoms with Gasteiger partial charge in [0.15, 0.2) is 0 Å². The Morgan fingerprint density at radius 1 is 1.28 bits per heavy atom. The summed E-state index contributed by atoms with van der Waals surface area (Å²) in [5.74, 6) is -0.0975. The zero-order valence-electron chi connectivity index (χ0n) is 9.79. The Kier molecular flexibility index (Phi) is 4.61. The molecule has 1 aromatic rings. The maximum atomic E-state index is 12.4. The van der Waals surface area contributed by atoms with E-state index in [1.807, 2.05) is 6.92 Å². The lowest BCUT2D eigenvalue weighted by molar-refractivity contribution is -0.137. The van der Waals surface area contributed by atoms with Crippen LogP contribution in [0.25, 0.3) is 0 Å². The van der Waals surface area contributed by atoms with Crippen LogP contribution in [-0.4, -0.2) is 14.2 Å². The van der Waals surface area contributed by atoms with Gasteiger partial charge in [0.1, 0.15) is 0 Å². The fraction of sp³-hybridized carbons (Fsp3) is 0.455. The molecular weight excluding hydrogens is 267 g/mol. The quantitative estimate of drug-likeness (QED) is 0.900. The van der Waals surface area contributed by atoms with Crippen molar-refractivity contribution in [2.24, 2.45) is 0 Å². The Balaban J connectivity index is 2.86. The fourth-order valence-electron chi connectivity index (χ4n) is 1.32. The van der Waals surface area contributed by atoms with Crippen molar-refractivity contribution in [3.05, 3.63) is 29.8 Å². The van der Waals surface area contributed by atoms with Crippen molar-refractivity contribution in [1.29, 1.82) is 0 Å². The highest BCUT2D eigenvalue weighted by atomic mass is 32.2. The minimum Gasteiger partial charge on any atom is -0.284 e. The van der Waals surface area contributed by atoms with Crippen molar-refractivity contribution in [2.45, 2.75) is 25.9 Å². The van der Waals surface area contributed by atoms with Gasteiger partial charge >= 0.3 is 6.18 Å². The van der Waals surface area contributed by atoms with Crippen molar-refractivity contribution in [3.63, 3.8) is 0 Å². The first-order valence-corrected chi connectivity index (χ1v) is 7.07. The number of hydrogen-bond donors (Lipinski definition) is 1. The van der Waals surface area contributed by atoms with Gasteiger partial charge in [0, 0.05) is 5.69 Å². The van der Waals surface area contributed by atoms with Crippen molar-refractivity contribution in [3.8, 4) is 0 Å². The number of benzene rings is 1. The average molecular weight is 281 g/mol. The molecule has 0 aliphatic heterocycles. The highest BCUT2D eigenvalue weighted by molar-refractivity contribution is 7.92. The highest BCUT2D eigenvalue weighted by Gasteiger charge is 2.30. The summed E-state index contributed by atoms with van der Waals surface area (Å²) in [6.07, 6.45) is -3.32. The molecule has 0 saturated heterocycles. The first kappa shape index (κ1) is 14.8. The van der Waals surface area contributed by atoms with Gasteiger partial charge in [-0.05, 0) is 24.6 Å². The molecule has 0 spiro atoms. The standard InChI is InChI=1S/C11H14F3NO2S/c1-2-3-7-18(16,17)15-10-6-4-5-9(8-10)11(12,13)14/h4-6,8,15H,2-3,7H2,1H3. The van der Waals surface area contributed by atoms with E-state index in [9.17, 15) is 21.6 Å². The molecule has 0 heterocycles. The van der Waals surface area contributed by atoms with E-state index in [0.717, 1.165) is 12.1 Å². The maximum absolute atomic E-state index is 12.4. The van der Waals surface area contributed by atoms with E-state index in [1.165, 1.54) is 12.1 Å². The van der Waals surface area contributed by atoms with Gasteiger partial charge in [0.25, 0.3) is 0 Å². The van der Waals surface area contributed by atoms with Gasteiger partial charge in [0.05, 0.1) is 11.3 Å². The van der Waals surface area contributed by atoms with Gasteiger partial charge in [-0.15, -0.1) is 0 Å². The van der Waals surface area contributed by atoms with Crippen molar-refractivity contribution < 1.29 is 21.6 Å². The van der Waals surface area contributed by atoms with Crippen molar-refractivity contribution in [1.82, 2.24) is 0 Å². The third-order valence-corrected chi connectivity index (χ3v) is 3.60. The van der Waals surface area contributed by atoms with Crippen LogP contribution in [0.2, 0.25) is 0 Å². The molecule has 0 aliphatic rings. The summed E-state index contributed by atoms with van der Waals surface area (Å²) < 4.78 is 62.5. The first-order chi connectivity index (χ1) is 8.24. The minimum absolute atomic E-state index is 0.0686. The smallest absolute Gasteiger partial charge is 0.284 e. The van der Waals surface area contributed by atoms with E-state index >= 15 is 0 Å². The molecule has 18 heavy (non-hydrogen) atoms. The lowest BCUT2D eigenvalue weighted by Gasteiger charge is -2.10. The Hall–Kier alpha value is -1.24. The molecule has 1 N–H and O–H groups in total. The van der Waals surface area contributed by atoms with Crippen LogP contribution in [-0.2, 0) is 16.2 Å². The summed E-state index contributed by atoms with van der Waals surface area (Å²) in [4.78, 5) is 0. The third kappa shape index (κ3) is 4.56.